The zero-order chi connectivity index (χ0) is 10.7. The molecule has 0 aromatic carbocycles. The van der Waals surface area contributed by atoms with Crippen LogP contribution in [0.25, 0.3) is 0 Å². The van der Waals surface area contributed by atoms with Gasteiger partial charge >= 0.3 is 0 Å². The van der Waals surface area contributed by atoms with E-state index in [1.807, 2.05) is 6.26 Å². The molecular formula is C6H6N4OS4. The predicted molar refractivity (Wildman–Crippen MR) is 63.3 cm³/mol. The van der Waals surface area contributed by atoms with Gasteiger partial charge in [0.05, 0.1) is 6.20 Å². The molecule has 9 heteroatoms. The lowest BCUT2D eigenvalue weighted by Gasteiger charge is -1.88. The van der Waals surface area contributed by atoms with Crippen molar-refractivity contribution in [3.8, 4) is 0 Å². The fraction of sp³-hybridized carbons (Fsp3) is 0.167. The summed E-state index contributed by atoms with van der Waals surface area (Å²) in [7, 11) is 0. The van der Waals surface area contributed by atoms with Gasteiger partial charge in [-0.3, -0.25) is 10.7 Å². The summed E-state index contributed by atoms with van der Waals surface area (Å²) in [6.45, 7) is 0. The minimum absolute atomic E-state index is 0.618. The van der Waals surface area contributed by atoms with Gasteiger partial charge in [-0.2, -0.15) is 0 Å². The lowest BCUT2D eigenvalue weighted by Crippen LogP contribution is -1.81. The van der Waals surface area contributed by atoms with Crippen LogP contribution in [0.1, 0.15) is 0 Å². The molecule has 0 saturated heterocycles. The van der Waals surface area contributed by atoms with Crippen LogP contribution in [-0.2, 0) is 0 Å². The number of hydrogen-bond acceptors (Lipinski definition) is 9. The molecule has 5 nitrogen and oxygen atoms in total. The molecule has 0 radical (unpaired) electrons. The summed E-state index contributed by atoms with van der Waals surface area (Å²) in [6, 6.07) is 0. The molecule has 2 heterocycles. The van der Waals surface area contributed by atoms with E-state index in [4.69, 9.17) is 5.21 Å². The molecule has 0 fully saturated rings. The number of anilines is 1. The van der Waals surface area contributed by atoms with E-state index < -0.39 is 0 Å². The smallest absolute Gasteiger partial charge is 0.182 e. The second kappa shape index (κ2) is 5.12. The summed E-state index contributed by atoms with van der Waals surface area (Å²) in [5.41, 5.74) is 2.06. The minimum Gasteiger partial charge on any atom is -0.290 e. The number of nitrogens with zero attached hydrogens (tertiary/aromatic N) is 3. The quantitative estimate of drug-likeness (QED) is 0.658. The first-order valence-electron chi connectivity index (χ1n) is 3.73. The Morgan fingerprint density at radius 1 is 1.27 bits per heavy atom. The third-order valence-electron chi connectivity index (χ3n) is 1.33. The molecule has 0 aliphatic carbocycles. The second-order valence-corrected chi connectivity index (χ2v) is 6.80. The standard InChI is InChI=1S/C6H6N4OS4/c1-12-5-8-9-6(15-5)14-4-7-2-3(10-11)13-4/h2,10-11H,1H3. The molecule has 0 saturated carbocycles. The first-order valence-corrected chi connectivity index (χ1v) is 7.40. The fourth-order valence-corrected chi connectivity index (χ4v) is 4.17. The number of aromatic nitrogens is 3. The fourth-order valence-electron chi connectivity index (χ4n) is 0.753. The highest BCUT2D eigenvalue weighted by Gasteiger charge is 2.08. The molecule has 0 aliphatic rings. The van der Waals surface area contributed by atoms with Crippen LogP contribution in [0.4, 0.5) is 5.00 Å². The first-order chi connectivity index (χ1) is 7.31. The zero-order valence-electron chi connectivity index (χ0n) is 7.50. The summed E-state index contributed by atoms with van der Waals surface area (Å²) in [5, 5.41) is 17.3. The molecule has 15 heavy (non-hydrogen) atoms. The van der Waals surface area contributed by atoms with Crippen molar-refractivity contribution in [3.05, 3.63) is 6.20 Å². The van der Waals surface area contributed by atoms with E-state index in [0.717, 1.165) is 13.0 Å². The van der Waals surface area contributed by atoms with E-state index in [-0.39, 0.29) is 0 Å². The molecule has 0 aliphatic heterocycles. The Morgan fingerprint density at radius 3 is 2.67 bits per heavy atom. The van der Waals surface area contributed by atoms with Gasteiger partial charge in [0.25, 0.3) is 0 Å². The van der Waals surface area contributed by atoms with E-state index in [9.17, 15) is 0 Å². The summed E-state index contributed by atoms with van der Waals surface area (Å²) in [6.07, 6.45) is 3.54. The Balaban J connectivity index is 2.07. The molecule has 0 amide bonds. The van der Waals surface area contributed by atoms with Gasteiger partial charge < -0.3 is 0 Å². The summed E-state index contributed by atoms with van der Waals surface area (Å²) in [4.78, 5) is 4.11. The number of thioether (sulfide) groups is 1. The summed E-state index contributed by atoms with van der Waals surface area (Å²) in [5.74, 6) is 0. The highest BCUT2D eigenvalue weighted by molar-refractivity contribution is 8.04. The lowest BCUT2D eigenvalue weighted by molar-refractivity contribution is 0.391. The molecule has 0 unspecified atom stereocenters. The summed E-state index contributed by atoms with van der Waals surface area (Å²) < 4.78 is 2.63. The van der Waals surface area contributed by atoms with E-state index >= 15 is 0 Å². The monoisotopic (exact) mass is 278 g/mol. The van der Waals surface area contributed by atoms with Crippen LogP contribution in [0, 0.1) is 0 Å². The number of thiazole rings is 1. The maximum Gasteiger partial charge on any atom is 0.182 e. The van der Waals surface area contributed by atoms with E-state index in [0.29, 0.717) is 5.00 Å². The molecule has 2 aromatic rings. The van der Waals surface area contributed by atoms with Crippen molar-refractivity contribution in [2.24, 2.45) is 0 Å². The Hall–Kier alpha value is -0.350. The number of hydrogen-bond donors (Lipinski definition) is 2. The molecule has 80 valence electrons. The van der Waals surface area contributed by atoms with Crippen molar-refractivity contribution >= 4 is 51.2 Å². The Labute approximate surface area is 102 Å². The van der Waals surface area contributed by atoms with E-state index in [1.54, 1.807) is 18.0 Å². The van der Waals surface area contributed by atoms with Gasteiger partial charge in [-0.05, 0) is 18.0 Å². The molecule has 0 atom stereocenters. The highest BCUT2D eigenvalue weighted by Crippen LogP contribution is 2.35. The van der Waals surface area contributed by atoms with Crippen molar-refractivity contribution < 1.29 is 5.21 Å². The summed E-state index contributed by atoms with van der Waals surface area (Å²) >= 11 is 5.92. The van der Waals surface area contributed by atoms with Crippen molar-refractivity contribution in [3.63, 3.8) is 0 Å². The Bertz CT molecular complexity index is 402. The number of rotatable bonds is 4. The van der Waals surface area contributed by atoms with Gasteiger partial charge in [-0.1, -0.05) is 34.4 Å². The minimum atomic E-state index is 0.618. The molecule has 2 N–H and O–H groups in total. The molecule has 0 spiro atoms. The topological polar surface area (TPSA) is 70.9 Å². The van der Waals surface area contributed by atoms with E-state index in [1.165, 1.54) is 34.4 Å². The van der Waals surface area contributed by atoms with Crippen molar-refractivity contribution in [2.75, 3.05) is 11.7 Å². The third-order valence-corrected chi connectivity index (χ3v) is 5.26. The average Bonchev–Trinajstić information content (AvgIpc) is 2.87. The Kier molecular flexibility index (Phi) is 3.81. The molecule has 2 rings (SSSR count). The van der Waals surface area contributed by atoms with Crippen molar-refractivity contribution in [1.29, 1.82) is 0 Å². The Morgan fingerprint density at radius 2 is 2.07 bits per heavy atom. The zero-order valence-corrected chi connectivity index (χ0v) is 10.8. The van der Waals surface area contributed by atoms with Crippen LogP contribution in [0.15, 0.2) is 19.2 Å². The van der Waals surface area contributed by atoms with Gasteiger partial charge in [0.2, 0.25) is 0 Å². The maximum atomic E-state index is 8.64. The largest absolute Gasteiger partial charge is 0.290 e. The van der Waals surface area contributed by atoms with Gasteiger partial charge in [-0.25, -0.2) is 4.98 Å². The van der Waals surface area contributed by atoms with Crippen LogP contribution in [0.3, 0.4) is 0 Å². The molecule has 2 aromatic heterocycles. The van der Waals surface area contributed by atoms with Crippen LogP contribution in [0.2, 0.25) is 0 Å². The highest BCUT2D eigenvalue weighted by atomic mass is 32.2. The third kappa shape index (κ3) is 2.82. The van der Waals surface area contributed by atoms with Gasteiger partial charge in [-0.15, -0.1) is 10.2 Å². The maximum absolute atomic E-state index is 8.64. The van der Waals surface area contributed by atoms with Crippen LogP contribution in [-0.4, -0.2) is 26.6 Å². The predicted octanol–water partition coefficient (Wildman–Crippen LogP) is 2.67. The van der Waals surface area contributed by atoms with Crippen molar-refractivity contribution in [2.45, 2.75) is 13.0 Å². The van der Waals surface area contributed by atoms with Crippen LogP contribution >= 0.6 is 46.2 Å². The molecule has 0 bridgehead atoms. The van der Waals surface area contributed by atoms with Crippen molar-refractivity contribution in [1.82, 2.24) is 15.2 Å². The SMILES string of the molecule is CSc1nnc(Sc2ncc(NO)s2)s1. The van der Waals surface area contributed by atoms with Gasteiger partial charge in [0.15, 0.2) is 13.0 Å². The van der Waals surface area contributed by atoms with Crippen LogP contribution < -0.4 is 5.48 Å². The second-order valence-electron chi connectivity index (χ2n) is 2.24. The normalized spacial score (nSPS) is 10.5. The number of nitrogens with one attached hydrogen (secondary N) is 1. The van der Waals surface area contributed by atoms with Gasteiger partial charge in [0.1, 0.15) is 5.00 Å². The van der Waals surface area contributed by atoms with E-state index in [2.05, 4.69) is 20.7 Å². The van der Waals surface area contributed by atoms with Crippen LogP contribution in [0.5, 0.6) is 0 Å². The average molecular weight is 278 g/mol. The molecular weight excluding hydrogens is 272 g/mol. The van der Waals surface area contributed by atoms with Gasteiger partial charge in [0, 0.05) is 0 Å². The first kappa shape index (κ1) is 11.1. The lowest BCUT2D eigenvalue weighted by atomic mass is 10.9.